The lowest BCUT2D eigenvalue weighted by molar-refractivity contribution is 0.484. The molecule has 0 spiro atoms. The summed E-state index contributed by atoms with van der Waals surface area (Å²) in [4.78, 5) is 0. The van der Waals surface area contributed by atoms with Crippen LogP contribution in [0.4, 0.5) is 0 Å². The van der Waals surface area contributed by atoms with E-state index < -0.39 is 20.2 Å². The molecule has 0 saturated carbocycles. The Morgan fingerprint density at radius 2 is 0.941 bits per heavy atom. The number of hydrogen-bond acceptors (Lipinski definition) is 4. The standard InChI is InChI=1S/C6H6.C2H6O3S.CH4O3S/c1-2-4-6-5-3-1;1-2-6(3,4)5;1-5(2,3)4/h1-6H;2H2,1H3,(H,3,4,5);1H3,(H,2,3,4). The number of hydrogen-bond donors (Lipinski definition) is 2. The lowest BCUT2D eigenvalue weighted by Gasteiger charge is -1.79. The average Bonchev–Trinajstić information content (AvgIpc) is 2.18. The second-order valence-corrected chi connectivity index (χ2v) is 5.97. The van der Waals surface area contributed by atoms with Crippen molar-refractivity contribution in [2.45, 2.75) is 6.92 Å². The highest BCUT2D eigenvalue weighted by Crippen LogP contribution is 1.79. The fourth-order valence-corrected chi connectivity index (χ4v) is 0.385. The Hall–Kier alpha value is -0.960. The van der Waals surface area contributed by atoms with Gasteiger partial charge in [0.25, 0.3) is 20.2 Å². The monoisotopic (exact) mass is 284 g/mol. The molecule has 0 unspecified atom stereocenters. The van der Waals surface area contributed by atoms with Gasteiger partial charge in [0, 0.05) is 0 Å². The van der Waals surface area contributed by atoms with Gasteiger partial charge in [-0.1, -0.05) is 36.4 Å². The van der Waals surface area contributed by atoms with E-state index >= 15 is 0 Å². The Morgan fingerprint density at radius 1 is 0.824 bits per heavy atom. The lowest BCUT2D eigenvalue weighted by atomic mass is 10.4. The van der Waals surface area contributed by atoms with Crippen LogP contribution in [0.25, 0.3) is 0 Å². The van der Waals surface area contributed by atoms with Crippen molar-refractivity contribution in [1.82, 2.24) is 0 Å². The predicted octanol–water partition coefficient (Wildman–Crippen LogP) is 1.08. The summed E-state index contributed by atoms with van der Waals surface area (Å²) in [5, 5.41) is 0. The summed E-state index contributed by atoms with van der Waals surface area (Å²) in [5.41, 5.74) is 0. The van der Waals surface area contributed by atoms with Gasteiger partial charge in [-0.3, -0.25) is 9.11 Å². The minimum atomic E-state index is -3.67. The molecule has 1 aromatic rings. The van der Waals surface area contributed by atoms with Crippen LogP contribution >= 0.6 is 0 Å². The zero-order chi connectivity index (χ0) is 13.9. The Labute approximate surface area is 102 Å². The highest BCUT2D eigenvalue weighted by Gasteiger charge is 1.93. The van der Waals surface area contributed by atoms with Crippen LogP contribution in [0, 0.1) is 0 Å². The first-order chi connectivity index (χ1) is 7.56. The van der Waals surface area contributed by atoms with Gasteiger partial charge in [0.15, 0.2) is 0 Å². The largest absolute Gasteiger partial charge is 0.286 e. The third-order valence-corrected chi connectivity index (χ3v) is 1.76. The van der Waals surface area contributed by atoms with Gasteiger partial charge in [-0.15, -0.1) is 0 Å². The summed E-state index contributed by atoms with van der Waals surface area (Å²) in [5.74, 6) is -0.201. The smallest absolute Gasteiger partial charge is 0.264 e. The van der Waals surface area contributed by atoms with Gasteiger partial charge < -0.3 is 0 Å². The van der Waals surface area contributed by atoms with E-state index in [1.165, 1.54) is 6.92 Å². The van der Waals surface area contributed by atoms with Gasteiger partial charge in [-0.05, 0) is 6.92 Å². The van der Waals surface area contributed by atoms with Gasteiger partial charge >= 0.3 is 0 Å². The maximum Gasteiger partial charge on any atom is 0.264 e. The first kappa shape index (κ1) is 18.4. The Bertz CT molecular complexity index is 429. The molecule has 0 bridgehead atoms. The van der Waals surface area contributed by atoms with Crippen LogP contribution in [0.3, 0.4) is 0 Å². The summed E-state index contributed by atoms with van der Waals surface area (Å²) in [6.07, 6.45) is 0.715. The second-order valence-electron chi connectivity index (χ2n) is 2.76. The van der Waals surface area contributed by atoms with Crippen LogP contribution in [0.1, 0.15) is 6.92 Å². The van der Waals surface area contributed by atoms with E-state index in [9.17, 15) is 16.8 Å². The molecular formula is C9H16O6S2. The van der Waals surface area contributed by atoms with E-state index in [1.807, 2.05) is 36.4 Å². The predicted molar refractivity (Wildman–Crippen MR) is 66.0 cm³/mol. The Morgan fingerprint density at radius 3 is 1.00 bits per heavy atom. The molecule has 0 aliphatic heterocycles. The van der Waals surface area contributed by atoms with E-state index in [0.717, 1.165) is 0 Å². The minimum Gasteiger partial charge on any atom is -0.286 e. The Balaban J connectivity index is 0. The summed E-state index contributed by atoms with van der Waals surface area (Å²) < 4.78 is 52.8. The van der Waals surface area contributed by atoms with Crippen LogP contribution in [-0.2, 0) is 20.2 Å². The van der Waals surface area contributed by atoms with Crippen LogP contribution in [-0.4, -0.2) is 37.9 Å². The highest BCUT2D eigenvalue weighted by atomic mass is 32.2. The molecule has 17 heavy (non-hydrogen) atoms. The summed E-state index contributed by atoms with van der Waals surface area (Å²) in [6.45, 7) is 1.37. The molecule has 2 N–H and O–H groups in total. The van der Waals surface area contributed by atoms with Crippen LogP contribution < -0.4 is 0 Å². The minimum absolute atomic E-state index is 0.201. The van der Waals surface area contributed by atoms with Gasteiger partial charge in [-0.25, -0.2) is 0 Å². The van der Waals surface area contributed by atoms with Gasteiger partial charge in [0.1, 0.15) is 0 Å². The van der Waals surface area contributed by atoms with Crippen molar-refractivity contribution in [3.05, 3.63) is 36.4 Å². The average molecular weight is 284 g/mol. The maximum atomic E-state index is 9.56. The second kappa shape index (κ2) is 9.11. The summed E-state index contributed by atoms with van der Waals surface area (Å²) in [6, 6.07) is 12.0. The van der Waals surface area contributed by atoms with E-state index in [4.69, 9.17) is 9.11 Å². The van der Waals surface area contributed by atoms with Crippen LogP contribution in [0.15, 0.2) is 36.4 Å². The summed E-state index contributed by atoms with van der Waals surface area (Å²) in [7, 11) is -7.33. The van der Waals surface area contributed by atoms with Crippen molar-refractivity contribution in [3.63, 3.8) is 0 Å². The fraction of sp³-hybridized carbons (Fsp3) is 0.333. The third kappa shape index (κ3) is 39.6. The van der Waals surface area contributed by atoms with E-state index in [0.29, 0.717) is 6.26 Å². The molecule has 0 aliphatic carbocycles. The molecular weight excluding hydrogens is 268 g/mol. The maximum absolute atomic E-state index is 9.56. The van der Waals surface area contributed by atoms with Gasteiger partial charge in [0.2, 0.25) is 0 Å². The molecule has 0 heterocycles. The zero-order valence-corrected chi connectivity index (χ0v) is 11.1. The van der Waals surface area contributed by atoms with Crippen molar-refractivity contribution in [2.75, 3.05) is 12.0 Å². The number of benzene rings is 1. The highest BCUT2D eigenvalue weighted by molar-refractivity contribution is 7.85. The normalized spacial score (nSPS) is 10.4. The van der Waals surface area contributed by atoms with E-state index in [1.54, 1.807) is 0 Å². The molecule has 1 rings (SSSR count). The van der Waals surface area contributed by atoms with Crippen molar-refractivity contribution >= 4 is 20.2 Å². The topological polar surface area (TPSA) is 109 Å². The van der Waals surface area contributed by atoms with Crippen molar-refractivity contribution < 1.29 is 25.9 Å². The van der Waals surface area contributed by atoms with Gasteiger partial charge in [0.05, 0.1) is 12.0 Å². The third-order valence-electron chi connectivity index (χ3n) is 1.03. The van der Waals surface area contributed by atoms with Crippen molar-refractivity contribution in [3.8, 4) is 0 Å². The molecule has 8 heteroatoms. The molecule has 0 amide bonds. The molecule has 1 aromatic carbocycles. The SMILES string of the molecule is CCS(=O)(=O)O.CS(=O)(=O)O.c1ccccc1. The van der Waals surface area contributed by atoms with Crippen molar-refractivity contribution in [2.24, 2.45) is 0 Å². The molecule has 0 atom stereocenters. The molecule has 0 radical (unpaired) electrons. The molecule has 0 saturated heterocycles. The van der Waals surface area contributed by atoms with Crippen LogP contribution in [0.2, 0.25) is 0 Å². The molecule has 6 nitrogen and oxygen atoms in total. The quantitative estimate of drug-likeness (QED) is 0.747. The molecule has 0 fully saturated rings. The Kier molecular flexibility index (Phi) is 9.86. The van der Waals surface area contributed by atoms with E-state index in [-0.39, 0.29) is 5.75 Å². The molecule has 0 aliphatic rings. The first-order valence-corrected chi connectivity index (χ1v) is 7.89. The fourth-order valence-electron chi connectivity index (χ4n) is 0.385. The molecule has 0 aromatic heterocycles. The zero-order valence-electron chi connectivity index (χ0n) is 9.52. The summed E-state index contributed by atoms with van der Waals surface area (Å²) >= 11 is 0. The number of rotatable bonds is 1. The molecule has 100 valence electrons. The van der Waals surface area contributed by atoms with Gasteiger partial charge in [-0.2, -0.15) is 16.8 Å². The van der Waals surface area contributed by atoms with Crippen molar-refractivity contribution in [1.29, 1.82) is 0 Å². The van der Waals surface area contributed by atoms with Crippen LogP contribution in [0.5, 0.6) is 0 Å². The van der Waals surface area contributed by atoms with E-state index in [2.05, 4.69) is 0 Å². The first-order valence-electron chi connectivity index (χ1n) is 4.44. The lowest BCUT2D eigenvalue weighted by Crippen LogP contribution is -1.97.